The van der Waals surface area contributed by atoms with E-state index >= 15 is 0 Å². The highest BCUT2D eigenvalue weighted by Gasteiger charge is 2.11. The second-order valence-corrected chi connectivity index (χ2v) is 2.82. The third-order valence-electron chi connectivity index (χ3n) is 1.98. The molecule has 0 aromatic carbocycles. The van der Waals surface area contributed by atoms with Crippen molar-refractivity contribution in [2.24, 2.45) is 0 Å². The molecule has 2 heterocycles. The third-order valence-corrected chi connectivity index (χ3v) is 1.98. The van der Waals surface area contributed by atoms with Crippen LogP contribution in [0.3, 0.4) is 0 Å². The third kappa shape index (κ3) is 1.07. The minimum Gasteiger partial charge on any atom is -0.476 e. The minimum atomic E-state index is -0.992. The maximum absolute atomic E-state index is 10.7. The Kier molecular flexibility index (Phi) is 1.55. The van der Waals surface area contributed by atoms with Gasteiger partial charge < -0.3 is 9.51 Å². The van der Waals surface area contributed by atoms with Crippen molar-refractivity contribution in [1.82, 2.24) is 9.38 Å². The van der Waals surface area contributed by atoms with Crippen LogP contribution in [-0.2, 0) is 0 Å². The molecule has 13 heavy (non-hydrogen) atoms. The molecule has 0 spiro atoms. The number of carboxylic acids is 1. The molecule has 0 radical (unpaired) electrons. The van der Waals surface area contributed by atoms with E-state index in [1.165, 1.54) is 6.33 Å². The lowest BCUT2D eigenvalue weighted by Crippen LogP contribution is -1.97. The molecule has 2 aromatic heterocycles. The summed E-state index contributed by atoms with van der Waals surface area (Å²) < 4.78 is 1.75. The number of hydrogen-bond acceptors (Lipinski definition) is 2. The van der Waals surface area contributed by atoms with Crippen LogP contribution in [0.1, 0.15) is 16.2 Å². The van der Waals surface area contributed by atoms with Gasteiger partial charge in [0.25, 0.3) is 0 Å². The fraction of sp³-hybridized carbons (Fsp3) is 0.111. The van der Waals surface area contributed by atoms with Crippen molar-refractivity contribution in [3.63, 3.8) is 0 Å². The summed E-state index contributed by atoms with van der Waals surface area (Å²) >= 11 is 0. The molecule has 2 aromatic rings. The van der Waals surface area contributed by atoms with Gasteiger partial charge in [0.15, 0.2) is 5.69 Å². The van der Waals surface area contributed by atoms with E-state index < -0.39 is 5.97 Å². The summed E-state index contributed by atoms with van der Waals surface area (Å²) in [6, 6.07) is 5.46. The Hall–Kier alpha value is -1.84. The maximum Gasteiger partial charge on any atom is 0.356 e. The predicted molar refractivity (Wildman–Crippen MR) is 46.9 cm³/mol. The first kappa shape index (κ1) is 7.79. The number of rotatable bonds is 1. The van der Waals surface area contributed by atoms with Gasteiger partial charge in [-0.2, -0.15) is 0 Å². The highest BCUT2D eigenvalue weighted by Crippen LogP contribution is 2.11. The first-order valence-corrected chi connectivity index (χ1v) is 3.86. The van der Waals surface area contributed by atoms with E-state index in [1.807, 2.05) is 19.1 Å². The molecule has 0 aliphatic carbocycles. The van der Waals surface area contributed by atoms with Crippen LogP contribution < -0.4 is 0 Å². The standard InChI is InChI=1S/C9H8N2O2/c1-6-3-2-4-7-8(9(12)13)10-5-11(6)7/h2-5H,1H3,(H,12,13). The summed E-state index contributed by atoms with van der Waals surface area (Å²) in [5.74, 6) is -0.992. The number of hydrogen-bond donors (Lipinski definition) is 1. The lowest BCUT2D eigenvalue weighted by Gasteiger charge is -1.97. The van der Waals surface area contributed by atoms with Gasteiger partial charge in [-0.3, -0.25) is 0 Å². The van der Waals surface area contributed by atoms with Crippen LogP contribution in [0.4, 0.5) is 0 Å². The molecule has 0 unspecified atom stereocenters. The maximum atomic E-state index is 10.7. The molecule has 0 fully saturated rings. The molecule has 66 valence electrons. The van der Waals surface area contributed by atoms with E-state index in [0.29, 0.717) is 5.52 Å². The Morgan fingerprint density at radius 1 is 1.54 bits per heavy atom. The predicted octanol–water partition coefficient (Wildman–Crippen LogP) is 1.34. The molecule has 0 aliphatic rings. The number of aromatic carboxylic acids is 1. The number of carboxylic acid groups (broad SMARTS) is 1. The Labute approximate surface area is 74.5 Å². The van der Waals surface area contributed by atoms with Crippen molar-refractivity contribution in [2.75, 3.05) is 0 Å². The van der Waals surface area contributed by atoms with Crippen molar-refractivity contribution >= 4 is 11.5 Å². The van der Waals surface area contributed by atoms with Crippen LogP contribution in [0, 0.1) is 6.92 Å². The van der Waals surface area contributed by atoms with Gasteiger partial charge in [0.1, 0.15) is 6.33 Å². The summed E-state index contributed by atoms with van der Waals surface area (Å²) in [6.45, 7) is 1.90. The Morgan fingerprint density at radius 2 is 2.31 bits per heavy atom. The highest BCUT2D eigenvalue weighted by molar-refractivity contribution is 5.93. The number of aryl methyl sites for hydroxylation is 1. The Morgan fingerprint density at radius 3 is 3.00 bits per heavy atom. The normalized spacial score (nSPS) is 10.5. The SMILES string of the molecule is Cc1cccc2c(C(=O)O)ncn12. The molecule has 0 atom stereocenters. The van der Waals surface area contributed by atoms with Gasteiger partial charge in [-0.25, -0.2) is 9.78 Å². The van der Waals surface area contributed by atoms with Gasteiger partial charge in [-0.15, -0.1) is 0 Å². The monoisotopic (exact) mass is 176 g/mol. The van der Waals surface area contributed by atoms with Gasteiger partial charge in [-0.05, 0) is 19.1 Å². The molecule has 0 saturated heterocycles. The molecule has 2 rings (SSSR count). The fourth-order valence-corrected chi connectivity index (χ4v) is 1.32. The summed E-state index contributed by atoms with van der Waals surface area (Å²) in [5, 5.41) is 8.79. The zero-order valence-electron chi connectivity index (χ0n) is 7.06. The Balaban J connectivity index is 2.83. The number of imidazole rings is 1. The van der Waals surface area contributed by atoms with E-state index in [9.17, 15) is 4.79 Å². The van der Waals surface area contributed by atoms with Crippen LogP contribution in [0.15, 0.2) is 24.5 Å². The van der Waals surface area contributed by atoms with Gasteiger partial charge in [0, 0.05) is 5.69 Å². The van der Waals surface area contributed by atoms with E-state index in [2.05, 4.69) is 4.98 Å². The molecular formula is C9H8N2O2. The lowest BCUT2D eigenvalue weighted by atomic mass is 10.3. The fourth-order valence-electron chi connectivity index (χ4n) is 1.32. The molecule has 4 nitrogen and oxygen atoms in total. The average molecular weight is 176 g/mol. The van der Waals surface area contributed by atoms with E-state index in [1.54, 1.807) is 10.5 Å². The van der Waals surface area contributed by atoms with Crippen molar-refractivity contribution in [3.05, 3.63) is 35.9 Å². The van der Waals surface area contributed by atoms with Gasteiger partial charge in [-0.1, -0.05) is 6.07 Å². The van der Waals surface area contributed by atoms with Crippen LogP contribution in [0.5, 0.6) is 0 Å². The molecule has 4 heteroatoms. The second kappa shape index (κ2) is 2.58. The molecule has 0 saturated carbocycles. The quantitative estimate of drug-likeness (QED) is 0.713. The van der Waals surface area contributed by atoms with E-state index in [0.717, 1.165) is 5.69 Å². The van der Waals surface area contributed by atoms with E-state index in [4.69, 9.17) is 5.11 Å². The zero-order chi connectivity index (χ0) is 9.42. The smallest absolute Gasteiger partial charge is 0.356 e. The van der Waals surface area contributed by atoms with Crippen LogP contribution in [0.2, 0.25) is 0 Å². The number of nitrogens with zero attached hydrogens (tertiary/aromatic N) is 2. The van der Waals surface area contributed by atoms with Crippen molar-refractivity contribution in [2.45, 2.75) is 6.92 Å². The molecule has 0 aliphatic heterocycles. The topological polar surface area (TPSA) is 54.6 Å². The first-order valence-electron chi connectivity index (χ1n) is 3.86. The molecule has 0 bridgehead atoms. The largest absolute Gasteiger partial charge is 0.476 e. The van der Waals surface area contributed by atoms with Gasteiger partial charge in [0.05, 0.1) is 5.52 Å². The van der Waals surface area contributed by atoms with Gasteiger partial charge >= 0.3 is 5.97 Å². The number of aromatic nitrogens is 2. The Bertz CT molecular complexity index is 473. The van der Waals surface area contributed by atoms with Crippen LogP contribution in [0.25, 0.3) is 5.52 Å². The second-order valence-electron chi connectivity index (χ2n) is 2.82. The minimum absolute atomic E-state index is 0.101. The lowest BCUT2D eigenvalue weighted by molar-refractivity contribution is 0.0693. The summed E-state index contributed by atoms with van der Waals surface area (Å²) in [4.78, 5) is 14.5. The zero-order valence-corrected chi connectivity index (χ0v) is 7.06. The first-order chi connectivity index (χ1) is 6.20. The average Bonchev–Trinajstić information content (AvgIpc) is 2.48. The molecule has 0 amide bonds. The van der Waals surface area contributed by atoms with Crippen LogP contribution in [-0.4, -0.2) is 20.5 Å². The summed E-state index contributed by atoms with van der Waals surface area (Å²) in [5.41, 5.74) is 1.70. The van der Waals surface area contributed by atoms with Crippen molar-refractivity contribution < 1.29 is 9.90 Å². The number of fused-ring (bicyclic) bond motifs is 1. The number of pyridine rings is 1. The summed E-state index contributed by atoms with van der Waals surface area (Å²) in [7, 11) is 0. The van der Waals surface area contributed by atoms with Crippen molar-refractivity contribution in [3.8, 4) is 0 Å². The van der Waals surface area contributed by atoms with Crippen molar-refractivity contribution in [1.29, 1.82) is 0 Å². The molecule has 1 N–H and O–H groups in total. The van der Waals surface area contributed by atoms with Gasteiger partial charge in [0.2, 0.25) is 0 Å². The van der Waals surface area contributed by atoms with Crippen LogP contribution >= 0.6 is 0 Å². The van der Waals surface area contributed by atoms with E-state index in [-0.39, 0.29) is 5.69 Å². The highest BCUT2D eigenvalue weighted by atomic mass is 16.4. The molecular weight excluding hydrogens is 168 g/mol. The summed E-state index contributed by atoms with van der Waals surface area (Å²) in [6.07, 6.45) is 1.52. The number of carbonyl (C=O) groups is 1.